The van der Waals surface area contributed by atoms with E-state index in [0.717, 1.165) is 24.5 Å². The van der Waals surface area contributed by atoms with Crippen molar-refractivity contribution in [2.45, 2.75) is 19.8 Å². The third-order valence-electron chi connectivity index (χ3n) is 2.56. The Morgan fingerprint density at radius 2 is 2.12 bits per heavy atom. The van der Waals surface area contributed by atoms with Crippen molar-refractivity contribution in [3.8, 4) is 5.69 Å². The van der Waals surface area contributed by atoms with Crippen LogP contribution in [0, 0.1) is 0 Å². The lowest BCUT2D eigenvalue weighted by Crippen LogP contribution is -2.07. The predicted octanol–water partition coefficient (Wildman–Crippen LogP) is 3.74. The first-order valence-electron chi connectivity index (χ1n) is 5.85. The molecule has 17 heavy (non-hydrogen) atoms. The van der Waals surface area contributed by atoms with Crippen molar-refractivity contribution in [1.29, 1.82) is 0 Å². The van der Waals surface area contributed by atoms with E-state index in [1.54, 1.807) is 6.20 Å². The first-order chi connectivity index (χ1) is 8.33. The van der Waals surface area contributed by atoms with Gasteiger partial charge in [0.2, 0.25) is 0 Å². The standard InChI is InChI=1S/C13H16ClN3/c1-2-3-9-15-13-8-10-16-17(13)12-7-5-4-6-11(12)14/h4-8,10,15H,2-3,9H2,1H3. The third-order valence-corrected chi connectivity index (χ3v) is 2.88. The first kappa shape index (κ1) is 12.0. The Morgan fingerprint density at radius 1 is 1.29 bits per heavy atom. The molecule has 0 saturated carbocycles. The molecule has 0 amide bonds. The summed E-state index contributed by atoms with van der Waals surface area (Å²) < 4.78 is 1.83. The first-order valence-corrected chi connectivity index (χ1v) is 6.23. The molecule has 0 fully saturated rings. The Labute approximate surface area is 106 Å². The van der Waals surface area contributed by atoms with Gasteiger partial charge >= 0.3 is 0 Å². The van der Waals surface area contributed by atoms with Gasteiger partial charge in [-0.25, -0.2) is 4.68 Å². The van der Waals surface area contributed by atoms with Gasteiger partial charge in [0.1, 0.15) is 5.82 Å². The summed E-state index contributed by atoms with van der Waals surface area (Å²) in [6.07, 6.45) is 4.10. The molecule has 0 bridgehead atoms. The number of unbranched alkanes of at least 4 members (excludes halogenated alkanes) is 1. The fourth-order valence-corrected chi connectivity index (χ4v) is 1.86. The molecule has 1 N–H and O–H groups in total. The largest absolute Gasteiger partial charge is 0.370 e. The van der Waals surface area contributed by atoms with Gasteiger partial charge in [-0.3, -0.25) is 0 Å². The molecule has 0 unspecified atom stereocenters. The molecule has 3 nitrogen and oxygen atoms in total. The Morgan fingerprint density at radius 3 is 2.88 bits per heavy atom. The van der Waals surface area contributed by atoms with Crippen LogP contribution in [0.15, 0.2) is 36.5 Å². The molecule has 1 heterocycles. The number of benzene rings is 1. The zero-order valence-electron chi connectivity index (χ0n) is 9.86. The predicted molar refractivity (Wildman–Crippen MR) is 72.0 cm³/mol. The van der Waals surface area contributed by atoms with Gasteiger partial charge in [-0.1, -0.05) is 37.1 Å². The maximum atomic E-state index is 6.16. The highest BCUT2D eigenvalue weighted by atomic mass is 35.5. The molecular weight excluding hydrogens is 234 g/mol. The smallest absolute Gasteiger partial charge is 0.129 e. The number of nitrogens with one attached hydrogen (secondary N) is 1. The molecule has 2 aromatic rings. The second-order valence-corrected chi connectivity index (χ2v) is 4.27. The number of rotatable bonds is 5. The second-order valence-electron chi connectivity index (χ2n) is 3.86. The van der Waals surface area contributed by atoms with Gasteiger partial charge in [-0.15, -0.1) is 0 Å². The molecule has 4 heteroatoms. The quantitative estimate of drug-likeness (QED) is 0.819. The van der Waals surface area contributed by atoms with Crippen LogP contribution in [0.2, 0.25) is 5.02 Å². The monoisotopic (exact) mass is 249 g/mol. The van der Waals surface area contributed by atoms with E-state index < -0.39 is 0 Å². The normalized spacial score (nSPS) is 10.5. The van der Waals surface area contributed by atoms with Gasteiger partial charge in [-0.2, -0.15) is 5.10 Å². The minimum Gasteiger partial charge on any atom is -0.370 e. The van der Waals surface area contributed by atoms with Crippen LogP contribution in [-0.2, 0) is 0 Å². The van der Waals surface area contributed by atoms with Crippen LogP contribution in [0.5, 0.6) is 0 Å². The molecule has 2 rings (SSSR count). The van der Waals surface area contributed by atoms with Crippen molar-refractivity contribution < 1.29 is 0 Å². The van der Waals surface area contributed by atoms with Gasteiger partial charge in [0, 0.05) is 12.6 Å². The van der Waals surface area contributed by atoms with Crippen LogP contribution in [0.1, 0.15) is 19.8 Å². The Hall–Kier alpha value is -1.48. The number of nitrogens with zero attached hydrogens (tertiary/aromatic N) is 2. The minimum absolute atomic E-state index is 0.703. The molecule has 0 aliphatic heterocycles. The van der Waals surface area contributed by atoms with E-state index in [0.29, 0.717) is 5.02 Å². The summed E-state index contributed by atoms with van der Waals surface area (Å²) in [5.74, 6) is 0.978. The van der Waals surface area contributed by atoms with Gasteiger partial charge in [0.15, 0.2) is 0 Å². The summed E-state index contributed by atoms with van der Waals surface area (Å²) >= 11 is 6.16. The topological polar surface area (TPSA) is 29.9 Å². The third kappa shape index (κ3) is 2.80. The van der Waals surface area contributed by atoms with E-state index in [9.17, 15) is 0 Å². The molecule has 0 radical (unpaired) electrons. The van der Waals surface area contributed by atoms with Crippen LogP contribution in [0.4, 0.5) is 5.82 Å². The minimum atomic E-state index is 0.703. The summed E-state index contributed by atoms with van der Waals surface area (Å²) in [4.78, 5) is 0. The molecule has 1 aromatic heterocycles. The molecular formula is C13H16ClN3. The van der Waals surface area contributed by atoms with E-state index in [4.69, 9.17) is 11.6 Å². The number of halogens is 1. The SMILES string of the molecule is CCCCNc1ccnn1-c1ccccc1Cl. The van der Waals surface area contributed by atoms with Crippen molar-refractivity contribution in [2.75, 3.05) is 11.9 Å². The average Bonchev–Trinajstić information content (AvgIpc) is 2.78. The number of hydrogen-bond donors (Lipinski definition) is 1. The number of hydrogen-bond acceptors (Lipinski definition) is 2. The maximum Gasteiger partial charge on any atom is 0.129 e. The van der Waals surface area contributed by atoms with Crippen LogP contribution >= 0.6 is 11.6 Å². The van der Waals surface area contributed by atoms with Crippen LogP contribution in [-0.4, -0.2) is 16.3 Å². The zero-order valence-corrected chi connectivity index (χ0v) is 10.6. The lowest BCUT2D eigenvalue weighted by Gasteiger charge is -2.10. The van der Waals surface area contributed by atoms with Gasteiger partial charge in [0.25, 0.3) is 0 Å². The number of para-hydroxylation sites is 1. The highest BCUT2D eigenvalue weighted by Crippen LogP contribution is 2.22. The summed E-state index contributed by atoms with van der Waals surface area (Å²) in [5, 5.41) is 8.36. The molecule has 0 aliphatic carbocycles. The van der Waals surface area contributed by atoms with Crippen LogP contribution in [0.25, 0.3) is 5.69 Å². The Kier molecular flexibility index (Phi) is 4.04. The molecule has 0 aliphatic rings. The summed E-state index contributed by atoms with van der Waals surface area (Å²) in [5.41, 5.74) is 0.901. The summed E-state index contributed by atoms with van der Waals surface area (Å²) in [6.45, 7) is 3.12. The molecule has 0 spiro atoms. The molecule has 90 valence electrons. The van der Waals surface area contributed by atoms with Crippen molar-refractivity contribution in [2.24, 2.45) is 0 Å². The van der Waals surface area contributed by atoms with E-state index in [1.165, 1.54) is 6.42 Å². The zero-order chi connectivity index (χ0) is 12.1. The second kappa shape index (κ2) is 5.73. The maximum absolute atomic E-state index is 6.16. The molecule has 0 saturated heterocycles. The Balaban J connectivity index is 2.22. The number of anilines is 1. The van der Waals surface area contributed by atoms with E-state index in [2.05, 4.69) is 17.3 Å². The van der Waals surface area contributed by atoms with E-state index >= 15 is 0 Å². The Bertz CT molecular complexity index is 479. The highest BCUT2D eigenvalue weighted by molar-refractivity contribution is 6.32. The van der Waals surface area contributed by atoms with Gasteiger partial charge in [-0.05, 0) is 18.6 Å². The van der Waals surface area contributed by atoms with Crippen molar-refractivity contribution in [3.05, 3.63) is 41.6 Å². The van der Waals surface area contributed by atoms with Crippen LogP contribution in [0.3, 0.4) is 0 Å². The average molecular weight is 250 g/mol. The summed E-state index contributed by atoms with van der Waals surface area (Å²) in [7, 11) is 0. The fraction of sp³-hybridized carbons (Fsp3) is 0.308. The number of aromatic nitrogens is 2. The summed E-state index contributed by atoms with van der Waals surface area (Å²) in [6, 6.07) is 9.66. The fourth-order valence-electron chi connectivity index (χ4n) is 1.65. The van der Waals surface area contributed by atoms with Gasteiger partial charge < -0.3 is 5.32 Å². The molecule has 0 atom stereocenters. The lowest BCUT2D eigenvalue weighted by atomic mass is 10.3. The van der Waals surface area contributed by atoms with Gasteiger partial charge in [0.05, 0.1) is 16.9 Å². The van der Waals surface area contributed by atoms with Crippen LogP contribution < -0.4 is 5.32 Å². The van der Waals surface area contributed by atoms with Crippen molar-refractivity contribution >= 4 is 17.4 Å². The molecule has 1 aromatic carbocycles. The highest BCUT2D eigenvalue weighted by Gasteiger charge is 2.06. The van der Waals surface area contributed by atoms with E-state index in [-0.39, 0.29) is 0 Å². The van der Waals surface area contributed by atoms with Crippen molar-refractivity contribution in [3.63, 3.8) is 0 Å². The van der Waals surface area contributed by atoms with E-state index in [1.807, 2.05) is 35.0 Å². The van der Waals surface area contributed by atoms with Crippen molar-refractivity contribution in [1.82, 2.24) is 9.78 Å². The lowest BCUT2D eigenvalue weighted by molar-refractivity contribution is 0.813.